The summed E-state index contributed by atoms with van der Waals surface area (Å²) in [6.45, 7) is 0. The molecule has 0 fully saturated rings. The number of halogens is 1. The van der Waals surface area contributed by atoms with E-state index >= 15 is 0 Å². The summed E-state index contributed by atoms with van der Waals surface area (Å²) < 4.78 is 13.6. The first-order chi connectivity index (χ1) is 12.1. The number of hydrogen-bond donors (Lipinski definition) is 1. The Hall–Kier alpha value is -2.72. The van der Waals surface area contributed by atoms with E-state index in [1.807, 2.05) is 60.4 Å². The summed E-state index contributed by atoms with van der Waals surface area (Å²) in [7, 11) is 3.66. The molecule has 3 aromatic rings. The van der Waals surface area contributed by atoms with Gasteiger partial charge in [-0.3, -0.25) is 0 Å². The van der Waals surface area contributed by atoms with Gasteiger partial charge in [0.1, 0.15) is 18.5 Å². The van der Waals surface area contributed by atoms with Crippen LogP contribution in [0.4, 0.5) is 5.69 Å². The van der Waals surface area contributed by atoms with Crippen molar-refractivity contribution >= 4 is 17.3 Å². The fraction of sp³-hybridized carbons (Fsp3) is 0.150. The fourth-order valence-corrected chi connectivity index (χ4v) is 3.17. The molecule has 5 heteroatoms. The minimum atomic E-state index is -0.0778. The highest BCUT2D eigenvalue weighted by Gasteiger charge is 2.25. The number of hydrogen-bond acceptors (Lipinski definition) is 3. The van der Waals surface area contributed by atoms with Crippen molar-refractivity contribution in [2.75, 3.05) is 12.4 Å². The molecule has 1 aliphatic rings. The smallest absolute Gasteiger partial charge is 0.168 e. The molecular weight excluding hydrogens is 336 g/mol. The lowest BCUT2D eigenvalue weighted by molar-refractivity contribution is -0.671. The van der Waals surface area contributed by atoms with E-state index in [0.29, 0.717) is 5.02 Å². The topological polar surface area (TPSA) is 34.4 Å². The van der Waals surface area contributed by atoms with Crippen molar-refractivity contribution in [2.45, 2.75) is 6.04 Å². The first-order valence-corrected chi connectivity index (χ1v) is 8.39. The van der Waals surface area contributed by atoms with Crippen LogP contribution in [0.1, 0.15) is 17.2 Å². The largest absolute Gasteiger partial charge is 0.497 e. The van der Waals surface area contributed by atoms with Crippen molar-refractivity contribution in [2.24, 2.45) is 7.05 Å². The molecule has 126 valence electrons. The van der Waals surface area contributed by atoms with E-state index < -0.39 is 0 Å². The monoisotopic (exact) mass is 353 g/mol. The van der Waals surface area contributed by atoms with Crippen LogP contribution < -0.4 is 19.4 Å². The van der Waals surface area contributed by atoms with Crippen LogP contribution in [-0.4, -0.2) is 7.11 Å². The number of aromatic nitrogens is 1. The van der Waals surface area contributed by atoms with Gasteiger partial charge in [0, 0.05) is 22.7 Å². The predicted molar refractivity (Wildman–Crippen MR) is 97.6 cm³/mol. The highest BCUT2D eigenvalue weighted by atomic mass is 35.5. The second-order valence-electron chi connectivity index (χ2n) is 6.02. The van der Waals surface area contributed by atoms with Crippen molar-refractivity contribution in [3.05, 3.63) is 77.1 Å². The zero-order valence-corrected chi connectivity index (χ0v) is 14.7. The van der Waals surface area contributed by atoms with Crippen molar-refractivity contribution < 1.29 is 14.0 Å². The second kappa shape index (κ2) is 6.30. The Morgan fingerprint density at radius 1 is 1.04 bits per heavy atom. The Morgan fingerprint density at radius 2 is 1.80 bits per heavy atom. The number of anilines is 1. The van der Waals surface area contributed by atoms with Crippen molar-refractivity contribution in [3.8, 4) is 17.2 Å². The van der Waals surface area contributed by atoms with E-state index in [4.69, 9.17) is 21.1 Å². The third kappa shape index (κ3) is 3.01. The Bertz CT molecular complexity index is 925. The van der Waals surface area contributed by atoms with Crippen LogP contribution in [0.15, 0.2) is 60.9 Å². The maximum atomic E-state index is 6.18. The third-order valence-corrected chi connectivity index (χ3v) is 4.56. The molecule has 2 heterocycles. The minimum absolute atomic E-state index is 0.0778. The fourth-order valence-electron chi connectivity index (χ4n) is 3.00. The van der Waals surface area contributed by atoms with E-state index in [1.54, 1.807) is 7.11 Å². The molecular formula is C20H18ClN2O2+. The maximum Gasteiger partial charge on any atom is 0.168 e. The van der Waals surface area contributed by atoms with Crippen LogP contribution in [-0.2, 0) is 7.05 Å². The Labute approximate surface area is 151 Å². The molecule has 0 spiro atoms. The van der Waals surface area contributed by atoms with Crippen LogP contribution in [0, 0.1) is 0 Å². The number of methoxy groups -OCH3 is 1. The van der Waals surface area contributed by atoms with E-state index in [1.165, 1.54) is 0 Å². The molecule has 1 N–H and O–H groups in total. The summed E-state index contributed by atoms with van der Waals surface area (Å²) in [5.41, 5.74) is 3.01. The van der Waals surface area contributed by atoms with Gasteiger partial charge < -0.3 is 14.8 Å². The lowest BCUT2D eigenvalue weighted by Crippen LogP contribution is -2.26. The Morgan fingerprint density at radius 3 is 2.56 bits per heavy atom. The first-order valence-electron chi connectivity index (χ1n) is 8.01. The molecule has 1 aliphatic heterocycles. The lowest BCUT2D eigenvalue weighted by Gasteiger charge is -2.19. The number of rotatable bonds is 2. The van der Waals surface area contributed by atoms with Crippen LogP contribution in [0.5, 0.6) is 17.2 Å². The predicted octanol–water partition coefficient (Wildman–Crippen LogP) is 4.48. The van der Waals surface area contributed by atoms with Gasteiger partial charge >= 0.3 is 0 Å². The molecule has 4 nitrogen and oxygen atoms in total. The summed E-state index contributed by atoms with van der Waals surface area (Å²) in [5, 5.41) is 4.23. The SMILES string of the molecule is COc1ccc2c(c1)C(c1cc[n+](C)cc1)Nc1cc(Cl)ccc1O2. The molecule has 0 saturated heterocycles. The molecule has 0 bridgehead atoms. The average Bonchev–Trinajstić information content (AvgIpc) is 2.78. The lowest BCUT2D eigenvalue weighted by atomic mass is 9.98. The molecule has 0 aliphatic carbocycles. The van der Waals surface area contributed by atoms with Crippen molar-refractivity contribution in [1.29, 1.82) is 0 Å². The Kier molecular flexibility index (Phi) is 3.98. The molecule has 0 radical (unpaired) electrons. The van der Waals surface area contributed by atoms with E-state index in [0.717, 1.165) is 34.1 Å². The number of nitrogens with zero attached hydrogens (tertiary/aromatic N) is 1. The molecule has 2 aromatic carbocycles. The van der Waals surface area contributed by atoms with Gasteiger partial charge in [-0.2, -0.15) is 0 Å². The van der Waals surface area contributed by atoms with E-state index in [-0.39, 0.29) is 6.04 Å². The molecule has 1 atom stereocenters. The Balaban J connectivity index is 1.89. The maximum absolute atomic E-state index is 6.18. The summed E-state index contributed by atoms with van der Waals surface area (Å²) in [4.78, 5) is 0. The van der Waals surface area contributed by atoms with Gasteiger partial charge in [-0.15, -0.1) is 0 Å². The van der Waals surface area contributed by atoms with E-state index in [9.17, 15) is 0 Å². The highest BCUT2D eigenvalue weighted by Crippen LogP contribution is 2.44. The van der Waals surface area contributed by atoms with Crippen LogP contribution >= 0.6 is 11.6 Å². The van der Waals surface area contributed by atoms with Crippen molar-refractivity contribution in [3.63, 3.8) is 0 Å². The quantitative estimate of drug-likeness (QED) is 0.690. The molecule has 1 aromatic heterocycles. The van der Waals surface area contributed by atoms with Gasteiger partial charge in [-0.05, 0) is 42.0 Å². The van der Waals surface area contributed by atoms with Crippen LogP contribution in [0.25, 0.3) is 0 Å². The molecule has 1 unspecified atom stereocenters. The molecule has 0 amide bonds. The minimum Gasteiger partial charge on any atom is -0.497 e. The van der Waals surface area contributed by atoms with Gasteiger partial charge in [0.15, 0.2) is 18.1 Å². The van der Waals surface area contributed by atoms with E-state index in [2.05, 4.69) is 17.4 Å². The zero-order valence-electron chi connectivity index (χ0n) is 14.0. The summed E-state index contributed by atoms with van der Waals surface area (Å²) in [6.07, 6.45) is 4.06. The zero-order chi connectivity index (χ0) is 17.4. The second-order valence-corrected chi connectivity index (χ2v) is 6.46. The average molecular weight is 354 g/mol. The van der Waals surface area contributed by atoms with Gasteiger partial charge in [0.05, 0.1) is 18.8 Å². The molecule has 0 saturated carbocycles. The van der Waals surface area contributed by atoms with Crippen LogP contribution in [0.2, 0.25) is 5.02 Å². The molecule has 4 rings (SSSR count). The van der Waals surface area contributed by atoms with Crippen LogP contribution in [0.3, 0.4) is 0 Å². The number of aryl methyl sites for hydroxylation is 1. The summed E-state index contributed by atoms with van der Waals surface area (Å²) >= 11 is 6.18. The normalized spacial score (nSPS) is 15.2. The van der Waals surface area contributed by atoms with Gasteiger partial charge in [-0.1, -0.05) is 11.6 Å². The summed E-state index contributed by atoms with van der Waals surface area (Å²) in [6, 6.07) is 15.6. The number of benzene rings is 2. The number of nitrogens with one attached hydrogen (secondary N) is 1. The van der Waals surface area contributed by atoms with Crippen molar-refractivity contribution in [1.82, 2.24) is 0 Å². The standard InChI is InChI=1S/C20H18ClN2O2/c1-23-9-7-13(8-10-23)20-16-12-15(24-2)4-6-18(16)25-19-5-3-14(21)11-17(19)22-20/h3-12,20,22H,1-2H3/q+1. The number of fused-ring (bicyclic) bond motifs is 2. The highest BCUT2D eigenvalue weighted by molar-refractivity contribution is 6.30. The number of ether oxygens (including phenoxy) is 2. The number of pyridine rings is 1. The summed E-state index contributed by atoms with van der Waals surface area (Å²) in [5.74, 6) is 2.34. The first kappa shape index (κ1) is 15.8. The third-order valence-electron chi connectivity index (χ3n) is 4.33. The van der Waals surface area contributed by atoms with Gasteiger partial charge in [-0.25, -0.2) is 4.57 Å². The van der Waals surface area contributed by atoms with Gasteiger partial charge in [0.25, 0.3) is 0 Å². The molecule has 25 heavy (non-hydrogen) atoms. The van der Waals surface area contributed by atoms with Gasteiger partial charge in [0.2, 0.25) is 0 Å².